The summed E-state index contributed by atoms with van der Waals surface area (Å²) in [5.74, 6) is 0.300. The number of hydrogen-bond acceptors (Lipinski definition) is 1. The monoisotopic (exact) mass is 300 g/mol. The molecule has 1 aromatic rings. The van der Waals surface area contributed by atoms with E-state index in [1.165, 1.54) is 0 Å². The molecule has 1 aromatic carbocycles. The van der Waals surface area contributed by atoms with E-state index in [0.29, 0.717) is 17.3 Å². The summed E-state index contributed by atoms with van der Waals surface area (Å²) in [6, 6.07) is 7.10. The van der Waals surface area contributed by atoms with Crippen molar-refractivity contribution in [2.45, 2.75) is 18.5 Å². The van der Waals surface area contributed by atoms with Gasteiger partial charge in [-0.2, -0.15) is 13.2 Å². The molecule has 0 aliphatic rings. The Morgan fingerprint density at radius 1 is 1.17 bits per heavy atom. The summed E-state index contributed by atoms with van der Waals surface area (Å²) in [6.45, 7) is -1.19. The Morgan fingerprint density at radius 2 is 1.78 bits per heavy atom. The fourth-order valence-corrected chi connectivity index (χ4v) is 1.94. The number of ether oxygens (including phenoxy) is 1. The number of hydrogen-bond donors (Lipinski definition) is 0. The number of alkyl halides is 4. The smallest absolute Gasteiger partial charge is 0.372 e. The molecule has 0 spiro atoms. The lowest BCUT2D eigenvalue weighted by Gasteiger charge is -2.15. The molecule has 0 bridgehead atoms. The van der Waals surface area contributed by atoms with Crippen molar-refractivity contribution >= 4 is 23.2 Å². The highest BCUT2D eigenvalue weighted by Gasteiger charge is 2.27. The van der Waals surface area contributed by atoms with Gasteiger partial charge in [0.15, 0.2) is 0 Å². The van der Waals surface area contributed by atoms with Crippen molar-refractivity contribution in [1.82, 2.24) is 0 Å². The predicted octanol–water partition coefficient (Wildman–Crippen LogP) is 4.63. The van der Waals surface area contributed by atoms with Crippen LogP contribution in [0.4, 0.5) is 13.2 Å². The molecule has 18 heavy (non-hydrogen) atoms. The van der Waals surface area contributed by atoms with Crippen LogP contribution in [0.2, 0.25) is 5.02 Å². The lowest BCUT2D eigenvalue weighted by molar-refractivity contribution is -0.174. The van der Waals surface area contributed by atoms with Crippen LogP contribution in [0.15, 0.2) is 24.3 Å². The first-order valence-corrected chi connectivity index (χ1v) is 6.29. The number of benzene rings is 1. The highest BCUT2D eigenvalue weighted by Crippen LogP contribution is 2.23. The van der Waals surface area contributed by atoms with Crippen LogP contribution in [-0.2, 0) is 4.74 Å². The molecule has 0 radical (unpaired) electrons. The average Bonchev–Trinajstić information content (AvgIpc) is 2.29. The van der Waals surface area contributed by atoms with Gasteiger partial charge in [0.1, 0.15) is 6.61 Å². The van der Waals surface area contributed by atoms with Crippen LogP contribution in [0.25, 0.3) is 0 Å². The molecule has 0 aliphatic carbocycles. The van der Waals surface area contributed by atoms with Gasteiger partial charge in [-0.3, -0.25) is 0 Å². The first-order chi connectivity index (χ1) is 8.42. The van der Waals surface area contributed by atoms with Crippen LogP contribution in [0, 0.1) is 0 Å². The SMILES string of the molecule is FC(F)(F)COCCC(CCl)c1ccc(Cl)cc1. The Bertz CT molecular complexity index is 351. The molecule has 1 rings (SSSR count). The fraction of sp³-hybridized carbons (Fsp3) is 0.500. The normalized spacial score (nSPS) is 13.6. The third kappa shape index (κ3) is 5.94. The van der Waals surface area contributed by atoms with Crippen molar-refractivity contribution in [2.24, 2.45) is 0 Å². The van der Waals surface area contributed by atoms with Gasteiger partial charge in [-0.05, 0) is 30.0 Å². The summed E-state index contributed by atoms with van der Waals surface area (Å²) in [5.41, 5.74) is 0.949. The van der Waals surface area contributed by atoms with Gasteiger partial charge >= 0.3 is 6.18 Å². The molecule has 0 saturated carbocycles. The van der Waals surface area contributed by atoms with Crippen molar-refractivity contribution in [2.75, 3.05) is 19.1 Å². The zero-order valence-corrected chi connectivity index (χ0v) is 11.0. The number of halogens is 5. The van der Waals surface area contributed by atoms with E-state index in [-0.39, 0.29) is 12.5 Å². The Balaban J connectivity index is 2.40. The highest BCUT2D eigenvalue weighted by molar-refractivity contribution is 6.30. The molecule has 0 heterocycles. The molecule has 1 nitrogen and oxygen atoms in total. The standard InChI is InChI=1S/C12H13Cl2F3O/c13-7-10(5-6-18-8-12(15,16)17)9-1-3-11(14)4-2-9/h1-4,10H,5-8H2. The van der Waals surface area contributed by atoms with Crippen molar-refractivity contribution in [3.8, 4) is 0 Å². The van der Waals surface area contributed by atoms with E-state index < -0.39 is 12.8 Å². The van der Waals surface area contributed by atoms with Gasteiger partial charge < -0.3 is 4.74 Å². The lowest BCUT2D eigenvalue weighted by atomic mass is 9.98. The molecule has 0 saturated heterocycles. The molecular weight excluding hydrogens is 288 g/mol. The maximum Gasteiger partial charge on any atom is 0.411 e. The van der Waals surface area contributed by atoms with E-state index in [1.54, 1.807) is 12.1 Å². The second-order valence-electron chi connectivity index (χ2n) is 3.86. The van der Waals surface area contributed by atoms with E-state index in [0.717, 1.165) is 5.56 Å². The molecule has 1 unspecified atom stereocenters. The van der Waals surface area contributed by atoms with Gasteiger partial charge in [-0.15, -0.1) is 11.6 Å². The van der Waals surface area contributed by atoms with Gasteiger partial charge in [-0.1, -0.05) is 23.7 Å². The second-order valence-corrected chi connectivity index (χ2v) is 4.60. The summed E-state index contributed by atoms with van der Waals surface area (Å²) in [7, 11) is 0. The van der Waals surface area contributed by atoms with Crippen LogP contribution in [0.5, 0.6) is 0 Å². The van der Waals surface area contributed by atoms with Crippen LogP contribution in [-0.4, -0.2) is 25.3 Å². The zero-order valence-electron chi connectivity index (χ0n) is 9.51. The van der Waals surface area contributed by atoms with Gasteiger partial charge in [0.05, 0.1) is 0 Å². The van der Waals surface area contributed by atoms with Crippen molar-refractivity contribution in [3.05, 3.63) is 34.9 Å². The van der Waals surface area contributed by atoms with E-state index in [1.807, 2.05) is 12.1 Å². The summed E-state index contributed by atoms with van der Waals surface area (Å²) >= 11 is 11.6. The average molecular weight is 301 g/mol. The van der Waals surface area contributed by atoms with Crippen LogP contribution < -0.4 is 0 Å². The van der Waals surface area contributed by atoms with E-state index >= 15 is 0 Å². The Labute approximate surface area is 114 Å². The zero-order chi connectivity index (χ0) is 13.6. The Kier molecular flexibility index (Phi) is 6.26. The number of rotatable bonds is 6. The maximum absolute atomic E-state index is 11.9. The molecule has 0 amide bonds. The third-order valence-corrected chi connectivity index (χ3v) is 3.03. The van der Waals surface area contributed by atoms with E-state index in [9.17, 15) is 13.2 Å². The lowest BCUT2D eigenvalue weighted by Crippen LogP contribution is -2.18. The fourth-order valence-electron chi connectivity index (χ4n) is 1.48. The first kappa shape index (κ1) is 15.6. The van der Waals surface area contributed by atoms with E-state index in [2.05, 4.69) is 4.74 Å². The maximum atomic E-state index is 11.9. The van der Waals surface area contributed by atoms with Crippen molar-refractivity contribution in [1.29, 1.82) is 0 Å². The molecule has 0 N–H and O–H groups in total. The Hall–Kier alpha value is -0.450. The summed E-state index contributed by atoms with van der Waals surface area (Å²) in [4.78, 5) is 0. The van der Waals surface area contributed by atoms with Crippen LogP contribution in [0.1, 0.15) is 17.9 Å². The quantitative estimate of drug-likeness (QED) is 0.550. The molecule has 1 atom stereocenters. The van der Waals surface area contributed by atoms with Crippen LogP contribution >= 0.6 is 23.2 Å². The molecule has 0 fully saturated rings. The van der Waals surface area contributed by atoms with E-state index in [4.69, 9.17) is 23.2 Å². The minimum atomic E-state index is -4.28. The van der Waals surface area contributed by atoms with Gasteiger partial charge in [0, 0.05) is 17.5 Å². The second kappa shape index (κ2) is 7.22. The summed E-state index contributed by atoms with van der Waals surface area (Å²) in [6.07, 6.45) is -3.84. The highest BCUT2D eigenvalue weighted by atomic mass is 35.5. The van der Waals surface area contributed by atoms with Crippen molar-refractivity contribution in [3.63, 3.8) is 0 Å². The van der Waals surface area contributed by atoms with Crippen LogP contribution in [0.3, 0.4) is 0 Å². The molecule has 0 aliphatic heterocycles. The summed E-state index contributed by atoms with van der Waals surface area (Å²) < 4.78 is 40.2. The largest absolute Gasteiger partial charge is 0.411 e. The summed E-state index contributed by atoms with van der Waals surface area (Å²) in [5, 5.41) is 0.611. The minimum Gasteiger partial charge on any atom is -0.372 e. The van der Waals surface area contributed by atoms with Gasteiger partial charge in [0.25, 0.3) is 0 Å². The molecule has 0 aromatic heterocycles. The van der Waals surface area contributed by atoms with Gasteiger partial charge in [0.2, 0.25) is 0 Å². The molecular formula is C12H13Cl2F3O. The predicted molar refractivity (Wildman–Crippen MR) is 66.4 cm³/mol. The molecule has 6 heteroatoms. The molecule has 102 valence electrons. The Morgan fingerprint density at radius 3 is 2.28 bits per heavy atom. The minimum absolute atomic E-state index is 0.0273. The first-order valence-electron chi connectivity index (χ1n) is 5.38. The topological polar surface area (TPSA) is 9.23 Å². The van der Waals surface area contributed by atoms with Crippen molar-refractivity contribution < 1.29 is 17.9 Å². The third-order valence-electron chi connectivity index (χ3n) is 2.40. The van der Waals surface area contributed by atoms with Gasteiger partial charge in [-0.25, -0.2) is 0 Å².